The summed E-state index contributed by atoms with van der Waals surface area (Å²) in [4.78, 5) is 24.2. The van der Waals surface area contributed by atoms with Gasteiger partial charge in [0.2, 0.25) is 5.91 Å². The molecule has 7 nitrogen and oxygen atoms in total. The maximum absolute atomic E-state index is 13.1. The van der Waals surface area contributed by atoms with Gasteiger partial charge < -0.3 is 10.1 Å². The normalized spacial score (nSPS) is 12.8. The number of amides is 1. The molecule has 0 aromatic heterocycles. The maximum atomic E-state index is 13.1. The number of carbonyl (C=O) groups is 2. The number of nitrogens with zero attached hydrogens (tertiary/aromatic N) is 1. The van der Waals surface area contributed by atoms with E-state index >= 15 is 0 Å². The van der Waals surface area contributed by atoms with Crippen molar-refractivity contribution in [1.29, 1.82) is 0 Å². The van der Waals surface area contributed by atoms with E-state index in [1.807, 2.05) is 48.5 Å². The lowest BCUT2D eigenvalue weighted by Gasteiger charge is -2.19. The van der Waals surface area contributed by atoms with Gasteiger partial charge >= 0.3 is 5.97 Å². The second-order valence-corrected chi connectivity index (χ2v) is 9.85. The molecule has 0 fully saturated rings. The second kappa shape index (κ2) is 10.5. The van der Waals surface area contributed by atoms with Crippen LogP contribution in [0.5, 0.6) is 0 Å². The summed E-state index contributed by atoms with van der Waals surface area (Å²) in [5.41, 5.74) is 3.25. The predicted molar refractivity (Wildman–Crippen MR) is 130 cm³/mol. The van der Waals surface area contributed by atoms with Crippen LogP contribution in [0.15, 0.2) is 83.8 Å². The van der Waals surface area contributed by atoms with Gasteiger partial charge in [-0.3, -0.25) is 13.9 Å². The fraction of sp³-hybridized carbons (Fsp3) is 0.231. The van der Waals surface area contributed by atoms with E-state index in [9.17, 15) is 18.0 Å². The van der Waals surface area contributed by atoms with Crippen LogP contribution in [0, 0.1) is 0 Å². The summed E-state index contributed by atoms with van der Waals surface area (Å²) < 4.78 is 32.7. The van der Waals surface area contributed by atoms with Gasteiger partial charge in [0.25, 0.3) is 10.0 Å². The number of rotatable bonds is 9. The fourth-order valence-corrected chi connectivity index (χ4v) is 5.34. The van der Waals surface area contributed by atoms with Crippen molar-refractivity contribution in [3.05, 3.63) is 90.0 Å². The predicted octanol–water partition coefficient (Wildman–Crippen LogP) is 3.94. The molecule has 1 N–H and O–H groups in total. The Morgan fingerprint density at radius 2 is 1.59 bits per heavy atom. The molecule has 0 radical (unpaired) electrons. The highest BCUT2D eigenvalue weighted by molar-refractivity contribution is 7.92. The summed E-state index contributed by atoms with van der Waals surface area (Å²) in [6.07, 6.45) is 1.26. The minimum Gasteiger partial charge on any atom is -0.465 e. The number of hydrogen-bond acceptors (Lipinski definition) is 5. The van der Waals surface area contributed by atoms with Crippen LogP contribution in [0.3, 0.4) is 0 Å². The smallest absolute Gasteiger partial charge is 0.306 e. The topological polar surface area (TPSA) is 92.8 Å². The molecule has 0 saturated heterocycles. The Balaban J connectivity index is 1.25. The molecule has 0 bridgehead atoms. The Kier molecular flexibility index (Phi) is 7.27. The molecular formula is C26H26N2O5S. The van der Waals surface area contributed by atoms with Crippen molar-refractivity contribution in [2.45, 2.75) is 30.6 Å². The van der Waals surface area contributed by atoms with Crippen LogP contribution in [0.4, 0.5) is 11.4 Å². The van der Waals surface area contributed by atoms with Crippen LogP contribution < -0.4 is 9.62 Å². The number of carbonyl (C=O) groups excluding carboxylic acids is 2. The molecule has 0 unspecified atom stereocenters. The van der Waals surface area contributed by atoms with Crippen LogP contribution >= 0.6 is 0 Å². The average molecular weight is 479 g/mol. The molecule has 0 saturated carbocycles. The maximum Gasteiger partial charge on any atom is 0.306 e. The standard InChI is InChI=1S/C26H26N2O5S/c29-25(14-15-26(30)33-19-17-20-6-2-1-3-7-20)27-22-10-12-23(13-11-22)34(31,32)28-18-16-21-8-4-5-9-24(21)28/h1-13H,14-19H2,(H,27,29). The lowest BCUT2D eigenvalue weighted by molar-refractivity contribution is -0.144. The summed E-state index contributed by atoms with van der Waals surface area (Å²) >= 11 is 0. The largest absolute Gasteiger partial charge is 0.465 e. The monoisotopic (exact) mass is 478 g/mol. The average Bonchev–Trinajstić information content (AvgIpc) is 3.29. The quantitative estimate of drug-likeness (QED) is 0.470. The summed E-state index contributed by atoms with van der Waals surface area (Å²) in [7, 11) is -3.69. The Bertz CT molecular complexity index is 1260. The van der Waals surface area contributed by atoms with Gasteiger partial charge in [0.1, 0.15) is 0 Å². The second-order valence-electron chi connectivity index (χ2n) is 7.98. The molecule has 1 aliphatic heterocycles. The van der Waals surface area contributed by atoms with Crippen molar-refractivity contribution in [2.24, 2.45) is 0 Å². The molecule has 1 aliphatic rings. The van der Waals surface area contributed by atoms with E-state index < -0.39 is 16.0 Å². The molecule has 0 spiro atoms. The van der Waals surface area contributed by atoms with Gasteiger partial charge in [-0.05, 0) is 47.9 Å². The van der Waals surface area contributed by atoms with Crippen molar-refractivity contribution in [1.82, 2.24) is 0 Å². The Morgan fingerprint density at radius 1 is 0.882 bits per heavy atom. The zero-order valence-corrected chi connectivity index (χ0v) is 19.5. The third kappa shape index (κ3) is 5.63. The molecule has 3 aromatic carbocycles. The van der Waals surface area contributed by atoms with Gasteiger partial charge in [-0.25, -0.2) is 8.42 Å². The lowest BCUT2D eigenvalue weighted by atomic mass is 10.2. The zero-order valence-electron chi connectivity index (χ0n) is 18.6. The number of hydrogen-bond donors (Lipinski definition) is 1. The van der Waals surface area contributed by atoms with Gasteiger partial charge in [0.15, 0.2) is 0 Å². The van der Waals surface area contributed by atoms with Crippen LogP contribution in [0.2, 0.25) is 0 Å². The number of sulfonamides is 1. The minimum atomic E-state index is -3.69. The molecule has 1 heterocycles. The Labute approximate surface area is 199 Å². The molecule has 1 amide bonds. The number of esters is 1. The number of benzene rings is 3. The zero-order chi connectivity index (χ0) is 24.0. The summed E-state index contributed by atoms with van der Waals surface area (Å²) in [5.74, 6) is -0.775. The van der Waals surface area contributed by atoms with Gasteiger partial charge in [-0.2, -0.15) is 0 Å². The Morgan fingerprint density at radius 3 is 2.35 bits per heavy atom. The molecule has 0 aliphatic carbocycles. The van der Waals surface area contributed by atoms with Crippen molar-refractivity contribution in [3.63, 3.8) is 0 Å². The first kappa shape index (κ1) is 23.5. The van der Waals surface area contributed by atoms with E-state index in [0.29, 0.717) is 30.8 Å². The van der Waals surface area contributed by atoms with E-state index in [1.54, 1.807) is 18.2 Å². The minimum absolute atomic E-state index is 0.0191. The fourth-order valence-electron chi connectivity index (χ4n) is 3.83. The van der Waals surface area contributed by atoms with Gasteiger partial charge in [-0.1, -0.05) is 48.5 Å². The number of fused-ring (bicyclic) bond motifs is 1. The van der Waals surface area contributed by atoms with E-state index in [-0.39, 0.29) is 30.3 Å². The van der Waals surface area contributed by atoms with Crippen LogP contribution in [-0.2, 0) is 37.2 Å². The van der Waals surface area contributed by atoms with Crippen LogP contribution in [-0.4, -0.2) is 33.4 Å². The van der Waals surface area contributed by atoms with Crippen LogP contribution in [0.25, 0.3) is 0 Å². The third-order valence-electron chi connectivity index (χ3n) is 5.62. The first-order valence-electron chi connectivity index (χ1n) is 11.1. The highest BCUT2D eigenvalue weighted by Crippen LogP contribution is 2.32. The summed E-state index contributed by atoms with van der Waals surface area (Å²) in [5, 5.41) is 2.69. The molecule has 176 valence electrons. The molecule has 8 heteroatoms. The number of nitrogens with one attached hydrogen (secondary N) is 1. The van der Waals surface area contributed by atoms with E-state index in [0.717, 1.165) is 11.1 Å². The Hall–Kier alpha value is -3.65. The number of ether oxygens (including phenoxy) is 1. The van der Waals surface area contributed by atoms with Gasteiger partial charge in [-0.15, -0.1) is 0 Å². The van der Waals surface area contributed by atoms with E-state index in [1.165, 1.54) is 16.4 Å². The van der Waals surface area contributed by atoms with Crippen molar-refractivity contribution in [3.8, 4) is 0 Å². The SMILES string of the molecule is O=C(CCC(=O)OCCc1ccccc1)Nc1ccc(S(=O)(=O)N2CCc3ccccc32)cc1. The van der Waals surface area contributed by atoms with Crippen molar-refractivity contribution < 1.29 is 22.7 Å². The summed E-state index contributed by atoms with van der Waals surface area (Å²) in [6.45, 7) is 0.670. The highest BCUT2D eigenvalue weighted by Gasteiger charge is 2.30. The molecule has 4 rings (SSSR count). The number of anilines is 2. The molecular weight excluding hydrogens is 452 g/mol. The van der Waals surface area contributed by atoms with Crippen molar-refractivity contribution in [2.75, 3.05) is 22.8 Å². The molecule has 0 atom stereocenters. The van der Waals surface area contributed by atoms with Crippen LogP contribution in [0.1, 0.15) is 24.0 Å². The molecule has 3 aromatic rings. The van der Waals surface area contributed by atoms with E-state index in [4.69, 9.17) is 4.74 Å². The first-order valence-corrected chi connectivity index (χ1v) is 12.6. The third-order valence-corrected chi connectivity index (χ3v) is 7.45. The molecule has 34 heavy (non-hydrogen) atoms. The van der Waals surface area contributed by atoms with Crippen molar-refractivity contribution >= 4 is 33.3 Å². The number of para-hydroxylation sites is 1. The van der Waals surface area contributed by atoms with Gasteiger partial charge in [0.05, 0.1) is 23.6 Å². The first-order chi connectivity index (χ1) is 16.4. The lowest BCUT2D eigenvalue weighted by Crippen LogP contribution is -2.29. The summed E-state index contributed by atoms with van der Waals surface area (Å²) in [6, 6.07) is 23.2. The van der Waals surface area contributed by atoms with Gasteiger partial charge in [0, 0.05) is 25.1 Å². The van der Waals surface area contributed by atoms with E-state index in [2.05, 4.69) is 5.32 Å². The highest BCUT2D eigenvalue weighted by atomic mass is 32.2.